The molecule has 0 aliphatic heterocycles. The summed E-state index contributed by atoms with van der Waals surface area (Å²) in [7, 11) is 0. The first-order valence-electron chi connectivity index (χ1n) is 10.3. The minimum absolute atomic E-state index is 0.214. The van der Waals surface area contributed by atoms with Crippen molar-refractivity contribution in [1.82, 2.24) is 0 Å². The molecule has 0 spiro atoms. The summed E-state index contributed by atoms with van der Waals surface area (Å²) in [6, 6.07) is 22.2. The molecule has 0 saturated carbocycles. The van der Waals surface area contributed by atoms with Crippen molar-refractivity contribution >= 4 is 46.6 Å². The van der Waals surface area contributed by atoms with Gasteiger partial charge in [-0.1, -0.05) is 30.3 Å². The summed E-state index contributed by atoms with van der Waals surface area (Å²) in [4.78, 5) is 26.6. The molecule has 160 valence electrons. The summed E-state index contributed by atoms with van der Waals surface area (Å²) in [5.74, 6) is -0.450. The summed E-state index contributed by atoms with van der Waals surface area (Å²) < 4.78 is 0. The molecule has 0 heterocycles. The van der Waals surface area contributed by atoms with Crippen LogP contribution in [0.3, 0.4) is 0 Å². The van der Waals surface area contributed by atoms with Crippen molar-refractivity contribution in [2.45, 2.75) is 25.7 Å². The topological polar surface area (TPSA) is 58.2 Å². The molecule has 0 bridgehead atoms. The minimum atomic E-state index is -0.236. The Labute approximate surface area is 193 Å². The van der Waals surface area contributed by atoms with Crippen LogP contribution in [0.2, 0.25) is 0 Å². The van der Waals surface area contributed by atoms with E-state index in [2.05, 4.69) is 23.3 Å². The van der Waals surface area contributed by atoms with E-state index in [0.29, 0.717) is 16.8 Å². The second-order valence-corrected chi connectivity index (χ2v) is 8.44. The number of rotatable bonds is 4. The fourth-order valence-electron chi connectivity index (χ4n) is 3.80. The Kier molecular flexibility index (Phi) is 6.01. The van der Waals surface area contributed by atoms with Crippen molar-refractivity contribution in [2.75, 3.05) is 10.6 Å². The maximum absolute atomic E-state index is 13.1. The van der Waals surface area contributed by atoms with Crippen molar-refractivity contribution in [3.8, 4) is 0 Å². The van der Waals surface area contributed by atoms with Crippen molar-refractivity contribution in [3.63, 3.8) is 0 Å². The third kappa shape index (κ3) is 4.39. The van der Waals surface area contributed by atoms with Crippen LogP contribution in [0, 0.1) is 20.8 Å². The highest BCUT2D eigenvalue weighted by Crippen LogP contribution is 2.32. The van der Waals surface area contributed by atoms with E-state index in [-0.39, 0.29) is 11.8 Å². The molecule has 2 amide bonds. The molecule has 0 fully saturated rings. The fraction of sp³-hybridized carbons (Fsp3) is 0.111. The summed E-state index contributed by atoms with van der Waals surface area (Å²) in [6.07, 6.45) is 0. The molecule has 2 N–H and O–H groups in total. The summed E-state index contributed by atoms with van der Waals surface area (Å²) in [6.45, 7) is 5.96. The van der Waals surface area contributed by atoms with Crippen molar-refractivity contribution in [3.05, 3.63) is 101 Å². The van der Waals surface area contributed by atoms with Gasteiger partial charge in [0, 0.05) is 32.8 Å². The highest BCUT2D eigenvalue weighted by molar-refractivity contribution is 7.80. The van der Waals surface area contributed by atoms with Crippen molar-refractivity contribution in [1.29, 1.82) is 0 Å². The lowest BCUT2D eigenvalue weighted by molar-refractivity contribution is 0.101. The number of anilines is 2. The zero-order valence-corrected chi connectivity index (χ0v) is 19.1. The van der Waals surface area contributed by atoms with Gasteiger partial charge in [-0.25, -0.2) is 0 Å². The number of carbonyl (C=O) groups excluding carboxylic acids is 2. The van der Waals surface area contributed by atoms with E-state index in [1.54, 1.807) is 24.3 Å². The third-order valence-electron chi connectivity index (χ3n) is 5.55. The van der Waals surface area contributed by atoms with Crippen LogP contribution in [-0.2, 0) is 0 Å². The van der Waals surface area contributed by atoms with Gasteiger partial charge in [0.05, 0.1) is 0 Å². The van der Waals surface area contributed by atoms with Crippen molar-refractivity contribution in [2.24, 2.45) is 0 Å². The van der Waals surface area contributed by atoms with Gasteiger partial charge in [0.2, 0.25) is 0 Å². The lowest BCUT2D eigenvalue weighted by atomic mass is 9.99. The second-order valence-electron chi connectivity index (χ2n) is 7.92. The Balaban J connectivity index is 1.63. The Morgan fingerprint density at radius 2 is 1.31 bits per heavy atom. The number of fused-ring (bicyclic) bond motifs is 1. The number of aryl methyl sites for hydroxylation is 3. The van der Waals surface area contributed by atoms with Crippen LogP contribution in [0.15, 0.2) is 77.7 Å². The Morgan fingerprint density at radius 1 is 0.656 bits per heavy atom. The molecule has 4 nitrogen and oxygen atoms in total. The molecule has 0 unspecified atom stereocenters. The number of benzene rings is 4. The predicted molar refractivity (Wildman–Crippen MR) is 134 cm³/mol. The smallest absolute Gasteiger partial charge is 0.255 e. The number of hydrogen-bond donors (Lipinski definition) is 3. The lowest BCUT2D eigenvalue weighted by Crippen LogP contribution is -2.15. The Hall–Kier alpha value is -3.57. The van der Waals surface area contributed by atoms with Crippen LogP contribution in [0.1, 0.15) is 37.4 Å². The first-order chi connectivity index (χ1) is 15.3. The van der Waals surface area contributed by atoms with Gasteiger partial charge in [0.1, 0.15) is 0 Å². The van der Waals surface area contributed by atoms with Gasteiger partial charge in [0.15, 0.2) is 0 Å². The first kappa shape index (κ1) is 21.7. The minimum Gasteiger partial charge on any atom is -0.322 e. The average Bonchev–Trinajstić information content (AvgIpc) is 2.77. The van der Waals surface area contributed by atoms with Gasteiger partial charge in [-0.15, -0.1) is 12.6 Å². The lowest BCUT2D eigenvalue weighted by Gasteiger charge is -2.15. The first-order valence-corrected chi connectivity index (χ1v) is 10.8. The molecule has 0 aliphatic carbocycles. The van der Waals surface area contributed by atoms with E-state index >= 15 is 0 Å². The largest absolute Gasteiger partial charge is 0.322 e. The van der Waals surface area contributed by atoms with Crippen LogP contribution in [-0.4, -0.2) is 11.8 Å². The molecule has 0 radical (unpaired) electrons. The van der Waals surface area contributed by atoms with E-state index in [4.69, 9.17) is 0 Å². The zero-order chi connectivity index (χ0) is 22.8. The zero-order valence-electron chi connectivity index (χ0n) is 18.2. The van der Waals surface area contributed by atoms with Gasteiger partial charge in [0.25, 0.3) is 11.8 Å². The standard InChI is InChI=1S/C27H24N2O2S/c1-16-10-12-23(25-18(3)13-21(32)15-22(16)25)28-27(31)20-11-9-17(2)24(14-20)29-26(30)19-7-5-4-6-8-19/h4-15,32H,1-3H3,(H,28,31)(H,29,30). The molecule has 4 rings (SSSR count). The van der Waals surface area contributed by atoms with Gasteiger partial charge >= 0.3 is 0 Å². The highest BCUT2D eigenvalue weighted by Gasteiger charge is 2.14. The molecule has 4 aromatic rings. The third-order valence-corrected chi connectivity index (χ3v) is 5.80. The summed E-state index contributed by atoms with van der Waals surface area (Å²) >= 11 is 4.49. The van der Waals surface area contributed by atoms with Gasteiger partial charge in [-0.2, -0.15) is 0 Å². The van der Waals surface area contributed by atoms with Crippen molar-refractivity contribution < 1.29 is 9.59 Å². The van der Waals surface area contributed by atoms with Crippen LogP contribution >= 0.6 is 12.6 Å². The molecular formula is C27H24N2O2S. The van der Waals surface area contributed by atoms with Gasteiger partial charge < -0.3 is 10.6 Å². The van der Waals surface area contributed by atoms with Crippen LogP contribution in [0.4, 0.5) is 11.4 Å². The van der Waals surface area contributed by atoms with E-state index in [9.17, 15) is 9.59 Å². The summed E-state index contributed by atoms with van der Waals surface area (Å²) in [5.41, 5.74) is 5.43. The quantitative estimate of drug-likeness (QED) is 0.315. The molecule has 5 heteroatoms. The van der Waals surface area contributed by atoms with Crippen LogP contribution < -0.4 is 10.6 Å². The molecule has 0 saturated heterocycles. The molecule has 0 aromatic heterocycles. The molecular weight excluding hydrogens is 416 g/mol. The maximum atomic E-state index is 13.1. The van der Waals surface area contributed by atoms with E-state index < -0.39 is 0 Å². The van der Waals surface area contributed by atoms with E-state index in [1.807, 2.05) is 69.3 Å². The fourth-order valence-corrected chi connectivity index (χ4v) is 4.12. The maximum Gasteiger partial charge on any atom is 0.255 e. The SMILES string of the molecule is Cc1ccc(C(=O)Nc2ccc(C)c3cc(S)cc(C)c23)cc1NC(=O)c1ccccc1. The van der Waals surface area contributed by atoms with E-state index in [1.165, 1.54) is 0 Å². The molecule has 4 aromatic carbocycles. The number of nitrogens with one attached hydrogen (secondary N) is 2. The van der Waals surface area contributed by atoms with Crippen LogP contribution in [0.25, 0.3) is 10.8 Å². The summed E-state index contributed by atoms with van der Waals surface area (Å²) in [5, 5.41) is 8.02. The number of amides is 2. The number of hydrogen-bond acceptors (Lipinski definition) is 3. The normalized spacial score (nSPS) is 10.8. The average molecular weight is 441 g/mol. The molecule has 0 aliphatic rings. The Bertz CT molecular complexity index is 1350. The Morgan fingerprint density at radius 3 is 2.06 bits per heavy atom. The predicted octanol–water partition coefficient (Wildman–Crippen LogP) is 6.56. The second kappa shape index (κ2) is 8.89. The highest BCUT2D eigenvalue weighted by atomic mass is 32.1. The van der Waals surface area contributed by atoms with E-state index in [0.717, 1.165) is 38.0 Å². The van der Waals surface area contributed by atoms with Gasteiger partial charge in [-0.3, -0.25) is 9.59 Å². The van der Waals surface area contributed by atoms with Gasteiger partial charge in [-0.05, 0) is 85.3 Å². The molecule has 32 heavy (non-hydrogen) atoms. The molecule has 0 atom stereocenters. The number of thiol groups is 1. The monoisotopic (exact) mass is 440 g/mol. The van der Waals surface area contributed by atoms with Crippen LogP contribution in [0.5, 0.6) is 0 Å². The number of carbonyl (C=O) groups is 2.